The van der Waals surface area contributed by atoms with Crippen molar-refractivity contribution in [3.63, 3.8) is 0 Å². The van der Waals surface area contributed by atoms with Gasteiger partial charge in [-0.3, -0.25) is 4.18 Å². The molecule has 1 rings (SSSR count). The first kappa shape index (κ1) is 10.2. The van der Waals surface area contributed by atoms with Gasteiger partial charge in [0, 0.05) is 12.5 Å². The van der Waals surface area contributed by atoms with Crippen LogP contribution in [0.4, 0.5) is 0 Å². The third kappa shape index (κ3) is 4.05. The zero-order valence-electron chi connectivity index (χ0n) is 7.48. The van der Waals surface area contributed by atoms with E-state index in [1.54, 1.807) is 13.0 Å². The van der Waals surface area contributed by atoms with E-state index in [4.69, 9.17) is 4.52 Å². The molecular formula is C7H11NO4S. The van der Waals surface area contributed by atoms with Gasteiger partial charge in [0.25, 0.3) is 10.1 Å². The van der Waals surface area contributed by atoms with Crippen LogP contribution in [0.1, 0.15) is 11.5 Å². The zero-order valence-corrected chi connectivity index (χ0v) is 8.30. The number of hydrogen-bond acceptors (Lipinski definition) is 5. The van der Waals surface area contributed by atoms with Gasteiger partial charge in [-0.1, -0.05) is 5.16 Å². The van der Waals surface area contributed by atoms with Gasteiger partial charge in [-0.25, -0.2) is 0 Å². The highest BCUT2D eigenvalue weighted by atomic mass is 32.2. The Kier molecular flexibility index (Phi) is 3.05. The van der Waals surface area contributed by atoms with Crippen molar-refractivity contribution in [3.8, 4) is 0 Å². The van der Waals surface area contributed by atoms with Crippen LogP contribution >= 0.6 is 0 Å². The van der Waals surface area contributed by atoms with E-state index in [2.05, 4.69) is 9.34 Å². The van der Waals surface area contributed by atoms with Crippen molar-refractivity contribution in [2.45, 2.75) is 13.3 Å². The van der Waals surface area contributed by atoms with Crippen LogP contribution < -0.4 is 0 Å². The molecule has 0 radical (unpaired) electrons. The van der Waals surface area contributed by atoms with Gasteiger partial charge in [0.2, 0.25) is 0 Å². The molecule has 0 amide bonds. The first-order chi connectivity index (χ1) is 5.97. The fraction of sp³-hybridized carbons (Fsp3) is 0.571. The lowest BCUT2D eigenvalue weighted by Crippen LogP contribution is -2.06. The van der Waals surface area contributed by atoms with Gasteiger partial charge in [0.05, 0.1) is 18.6 Å². The van der Waals surface area contributed by atoms with E-state index in [1.165, 1.54) is 0 Å². The molecule has 74 valence electrons. The summed E-state index contributed by atoms with van der Waals surface area (Å²) in [5.41, 5.74) is 0.696. The number of nitrogens with zero attached hydrogens (tertiary/aromatic N) is 1. The first-order valence-electron chi connectivity index (χ1n) is 3.74. The Balaban J connectivity index is 2.36. The number of hydrogen-bond donors (Lipinski definition) is 0. The van der Waals surface area contributed by atoms with Crippen LogP contribution in [0.15, 0.2) is 10.6 Å². The lowest BCUT2D eigenvalue weighted by Gasteiger charge is -1.96. The van der Waals surface area contributed by atoms with Crippen molar-refractivity contribution in [2.24, 2.45) is 0 Å². The maximum atomic E-state index is 10.6. The topological polar surface area (TPSA) is 69.4 Å². The molecular weight excluding hydrogens is 194 g/mol. The molecule has 0 unspecified atom stereocenters. The normalized spacial score (nSPS) is 11.8. The highest BCUT2D eigenvalue weighted by molar-refractivity contribution is 7.85. The largest absolute Gasteiger partial charge is 0.361 e. The summed E-state index contributed by atoms with van der Waals surface area (Å²) in [6.07, 6.45) is 1.45. The van der Waals surface area contributed by atoms with Crippen molar-refractivity contribution in [3.05, 3.63) is 17.5 Å². The minimum Gasteiger partial charge on any atom is -0.361 e. The van der Waals surface area contributed by atoms with Crippen LogP contribution in [0, 0.1) is 6.92 Å². The van der Waals surface area contributed by atoms with Crippen molar-refractivity contribution in [1.82, 2.24) is 5.16 Å². The first-order valence-corrected chi connectivity index (χ1v) is 5.55. The minimum absolute atomic E-state index is 0.102. The third-order valence-corrected chi connectivity index (χ3v) is 1.93. The van der Waals surface area contributed by atoms with Gasteiger partial charge in [0.15, 0.2) is 0 Å². The van der Waals surface area contributed by atoms with Crippen molar-refractivity contribution in [1.29, 1.82) is 0 Å². The van der Waals surface area contributed by atoms with E-state index in [0.29, 0.717) is 17.9 Å². The number of aromatic nitrogens is 1. The number of rotatable bonds is 4. The Morgan fingerprint density at radius 2 is 2.31 bits per heavy atom. The zero-order chi connectivity index (χ0) is 9.90. The second-order valence-corrected chi connectivity index (χ2v) is 4.35. The summed E-state index contributed by atoms with van der Waals surface area (Å²) in [7, 11) is -3.35. The molecule has 0 fully saturated rings. The highest BCUT2D eigenvalue weighted by Crippen LogP contribution is 2.02. The van der Waals surface area contributed by atoms with Crippen LogP contribution in [0.25, 0.3) is 0 Å². The average molecular weight is 205 g/mol. The van der Waals surface area contributed by atoms with Gasteiger partial charge in [0.1, 0.15) is 5.76 Å². The average Bonchev–Trinajstić information content (AvgIpc) is 2.33. The molecule has 0 aliphatic heterocycles. The van der Waals surface area contributed by atoms with E-state index in [9.17, 15) is 8.42 Å². The third-order valence-electron chi connectivity index (χ3n) is 1.33. The predicted octanol–water partition coefficient (Wildman–Crippen LogP) is 0.502. The predicted molar refractivity (Wildman–Crippen MR) is 45.7 cm³/mol. The Hall–Kier alpha value is -0.880. The Morgan fingerprint density at radius 3 is 2.77 bits per heavy atom. The van der Waals surface area contributed by atoms with E-state index in [-0.39, 0.29) is 6.61 Å². The molecule has 0 aromatic carbocycles. The van der Waals surface area contributed by atoms with Crippen molar-refractivity contribution >= 4 is 10.1 Å². The monoisotopic (exact) mass is 205 g/mol. The Bertz CT molecular complexity index is 368. The summed E-state index contributed by atoms with van der Waals surface area (Å²) in [6.45, 7) is 1.87. The summed E-state index contributed by atoms with van der Waals surface area (Å²) in [5, 5.41) is 3.69. The SMILES string of the molecule is Cc1cc(CCOS(C)(=O)=O)no1. The van der Waals surface area contributed by atoms with Crippen LogP contribution in [0.5, 0.6) is 0 Å². The molecule has 0 saturated heterocycles. The van der Waals surface area contributed by atoms with Crippen molar-refractivity contribution in [2.75, 3.05) is 12.9 Å². The summed E-state index contributed by atoms with van der Waals surface area (Å²) in [6, 6.07) is 1.74. The maximum absolute atomic E-state index is 10.6. The molecule has 0 bridgehead atoms. The quantitative estimate of drug-likeness (QED) is 0.669. The van der Waals surface area contributed by atoms with E-state index >= 15 is 0 Å². The lowest BCUT2D eigenvalue weighted by molar-refractivity contribution is 0.319. The fourth-order valence-corrected chi connectivity index (χ4v) is 1.22. The molecule has 0 saturated carbocycles. The van der Waals surface area contributed by atoms with E-state index in [1.807, 2.05) is 0 Å². The molecule has 5 nitrogen and oxygen atoms in total. The molecule has 0 atom stereocenters. The second-order valence-electron chi connectivity index (χ2n) is 2.70. The minimum atomic E-state index is -3.35. The molecule has 0 N–H and O–H groups in total. The van der Waals surface area contributed by atoms with E-state index < -0.39 is 10.1 Å². The van der Waals surface area contributed by atoms with Crippen LogP contribution in [-0.4, -0.2) is 26.4 Å². The van der Waals surface area contributed by atoms with Gasteiger partial charge in [-0.15, -0.1) is 0 Å². The smallest absolute Gasteiger partial charge is 0.264 e. The van der Waals surface area contributed by atoms with Gasteiger partial charge >= 0.3 is 0 Å². The summed E-state index contributed by atoms with van der Waals surface area (Å²) in [4.78, 5) is 0. The van der Waals surface area contributed by atoms with Gasteiger partial charge < -0.3 is 4.52 Å². The van der Waals surface area contributed by atoms with Crippen molar-refractivity contribution < 1.29 is 17.1 Å². The molecule has 1 heterocycles. The molecule has 13 heavy (non-hydrogen) atoms. The van der Waals surface area contributed by atoms with Crippen LogP contribution in [0.3, 0.4) is 0 Å². The maximum Gasteiger partial charge on any atom is 0.264 e. The Morgan fingerprint density at radius 1 is 1.62 bits per heavy atom. The Labute approximate surface area is 76.8 Å². The highest BCUT2D eigenvalue weighted by Gasteiger charge is 2.04. The molecule has 1 aromatic rings. The fourth-order valence-electron chi connectivity index (χ4n) is 0.833. The summed E-state index contributed by atoms with van der Waals surface area (Å²) < 4.78 is 30.4. The van der Waals surface area contributed by atoms with Gasteiger partial charge in [-0.2, -0.15) is 8.42 Å². The van der Waals surface area contributed by atoms with Crippen LogP contribution in [0.2, 0.25) is 0 Å². The van der Waals surface area contributed by atoms with Gasteiger partial charge in [-0.05, 0) is 6.92 Å². The number of aryl methyl sites for hydroxylation is 1. The molecule has 0 aliphatic rings. The lowest BCUT2D eigenvalue weighted by atomic mass is 10.3. The molecule has 1 aromatic heterocycles. The molecule has 0 spiro atoms. The second kappa shape index (κ2) is 3.89. The molecule has 6 heteroatoms. The van der Waals surface area contributed by atoms with Crippen LogP contribution in [-0.2, 0) is 20.7 Å². The van der Waals surface area contributed by atoms with E-state index in [0.717, 1.165) is 6.26 Å². The molecule has 0 aliphatic carbocycles. The summed E-state index contributed by atoms with van der Waals surface area (Å²) in [5.74, 6) is 0.703. The standard InChI is InChI=1S/C7H11NO4S/c1-6-5-7(8-12-6)3-4-11-13(2,9)10/h5H,3-4H2,1-2H3. The summed E-state index contributed by atoms with van der Waals surface area (Å²) >= 11 is 0.